The van der Waals surface area contributed by atoms with Crippen molar-refractivity contribution in [3.05, 3.63) is 76.9 Å². The van der Waals surface area contributed by atoms with Gasteiger partial charge in [-0.3, -0.25) is 14.3 Å². The van der Waals surface area contributed by atoms with E-state index in [9.17, 15) is 23.1 Å². The number of hydrogen-bond donors (Lipinski definition) is 2. The lowest BCUT2D eigenvalue weighted by Gasteiger charge is -2.32. The molecule has 0 spiro atoms. The molecule has 0 saturated carbocycles. The van der Waals surface area contributed by atoms with Crippen molar-refractivity contribution in [2.45, 2.75) is 43.9 Å². The van der Waals surface area contributed by atoms with Gasteiger partial charge in [-0.15, -0.1) is 11.8 Å². The van der Waals surface area contributed by atoms with E-state index < -0.39 is 45.9 Å². The van der Waals surface area contributed by atoms with Crippen molar-refractivity contribution in [2.75, 3.05) is 43.8 Å². The fraction of sp³-hybridized carbons (Fsp3) is 0.406. The van der Waals surface area contributed by atoms with E-state index in [-0.39, 0.29) is 25.3 Å². The number of fused-ring (bicyclic) bond motifs is 1. The van der Waals surface area contributed by atoms with Gasteiger partial charge in [-0.05, 0) is 42.8 Å². The molecule has 1 aliphatic rings. The number of aliphatic hydroxyl groups excluding tert-OH is 1. The summed E-state index contributed by atoms with van der Waals surface area (Å²) in [6.45, 7) is 3.44. The highest BCUT2D eigenvalue weighted by molar-refractivity contribution is 7.99. The SMILES string of the molecule is COc1cccc(C2OC(CC(=O)NS(=O)(=O)CCCSc3ccccn3)C(=O)N(CC(C)(C)CO)c3ccc(Cl)cc32)c1OC. The number of benzene rings is 2. The Labute approximate surface area is 278 Å². The standard InChI is InChI=1S/C32H38ClN3O8S2/c1-32(2,20-37)19-36-24-13-12-21(33)17-23(24)29(22-9-7-10-25(42-3)30(22)43-4)44-26(31(36)39)18-27(38)35-46(40,41)16-8-15-45-28-11-5-6-14-34-28/h5-7,9-14,17,26,29,37H,8,15-16,18-20H2,1-4H3,(H,35,38). The highest BCUT2D eigenvalue weighted by atomic mass is 35.5. The van der Waals surface area contributed by atoms with Crippen LogP contribution < -0.4 is 19.1 Å². The Balaban J connectivity index is 1.64. The fourth-order valence-electron chi connectivity index (χ4n) is 5.00. The number of anilines is 1. The van der Waals surface area contributed by atoms with E-state index in [1.165, 1.54) is 30.9 Å². The predicted octanol–water partition coefficient (Wildman–Crippen LogP) is 4.61. The molecular formula is C32H38ClN3O8S2. The topological polar surface area (TPSA) is 144 Å². The number of methoxy groups -OCH3 is 2. The van der Waals surface area contributed by atoms with Gasteiger partial charge < -0.3 is 24.2 Å². The maximum Gasteiger partial charge on any atom is 0.256 e. The van der Waals surface area contributed by atoms with Crippen LogP contribution >= 0.6 is 23.4 Å². The average molecular weight is 692 g/mol. The van der Waals surface area contributed by atoms with Gasteiger partial charge in [-0.25, -0.2) is 13.4 Å². The number of nitrogens with one attached hydrogen (secondary N) is 1. The molecule has 2 heterocycles. The number of thioether (sulfide) groups is 1. The summed E-state index contributed by atoms with van der Waals surface area (Å²) in [4.78, 5) is 33.1. The molecule has 0 bridgehead atoms. The fourth-order valence-corrected chi connectivity index (χ4v) is 7.23. The van der Waals surface area contributed by atoms with E-state index in [4.69, 9.17) is 25.8 Å². The van der Waals surface area contributed by atoms with Gasteiger partial charge in [0.15, 0.2) is 11.5 Å². The molecule has 248 valence electrons. The second-order valence-corrected chi connectivity index (χ2v) is 14.8. The third-order valence-electron chi connectivity index (χ3n) is 7.22. The van der Waals surface area contributed by atoms with Gasteiger partial charge in [0, 0.05) is 52.4 Å². The van der Waals surface area contributed by atoms with E-state index in [1.807, 2.05) is 12.1 Å². The van der Waals surface area contributed by atoms with E-state index >= 15 is 0 Å². The van der Waals surface area contributed by atoms with Crippen LogP contribution in [0.4, 0.5) is 5.69 Å². The van der Waals surface area contributed by atoms with Crippen LogP contribution in [0.25, 0.3) is 0 Å². The Morgan fingerprint density at radius 1 is 1.13 bits per heavy atom. The van der Waals surface area contributed by atoms with Gasteiger partial charge >= 0.3 is 0 Å². The van der Waals surface area contributed by atoms with Crippen LogP contribution in [0, 0.1) is 5.41 Å². The number of rotatable bonds is 14. The number of carbonyl (C=O) groups is 2. The minimum atomic E-state index is -4.00. The summed E-state index contributed by atoms with van der Waals surface area (Å²) in [6, 6.07) is 15.7. The molecule has 0 saturated heterocycles. The molecule has 2 aromatic carbocycles. The highest BCUT2D eigenvalue weighted by Crippen LogP contribution is 2.45. The molecule has 0 fully saturated rings. The molecule has 1 aliphatic heterocycles. The summed E-state index contributed by atoms with van der Waals surface area (Å²) < 4.78 is 45.4. The predicted molar refractivity (Wildman–Crippen MR) is 177 cm³/mol. The molecule has 1 aromatic heterocycles. The summed E-state index contributed by atoms with van der Waals surface area (Å²) >= 11 is 7.86. The van der Waals surface area contributed by atoms with Crippen LogP contribution in [0.15, 0.2) is 65.8 Å². The van der Waals surface area contributed by atoms with E-state index in [1.54, 1.807) is 62.5 Å². The van der Waals surface area contributed by atoms with Crippen molar-refractivity contribution in [3.8, 4) is 11.5 Å². The highest BCUT2D eigenvalue weighted by Gasteiger charge is 2.41. The zero-order chi connectivity index (χ0) is 33.5. The lowest BCUT2D eigenvalue weighted by atomic mass is 9.92. The van der Waals surface area contributed by atoms with Crippen molar-refractivity contribution < 1.29 is 37.3 Å². The quantitative estimate of drug-likeness (QED) is 0.182. The Morgan fingerprint density at radius 2 is 1.91 bits per heavy atom. The van der Waals surface area contributed by atoms with Gasteiger partial charge in [-0.1, -0.05) is 43.6 Å². The lowest BCUT2D eigenvalue weighted by molar-refractivity contribution is -0.137. The van der Waals surface area contributed by atoms with Gasteiger partial charge in [-0.2, -0.15) is 0 Å². The molecule has 2 amide bonds. The lowest BCUT2D eigenvalue weighted by Crippen LogP contribution is -2.47. The second kappa shape index (κ2) is 15.5. The first-order chi connectivity index (χ1) is 21.9. The molecule has 46 heavy (non-hydrogen) atoms. The zero-order valence-electron chi connectivity index (χ0n) is 26.1. The third-order valence-corrected chi connectivity index (χ3v) is 9.85. The Kier molecular flexibility index (Phi) is 11.9. The van der Waals surface area contributed by atoms with E-state index in [0.717, 1.165) is 5.03 Å². The number of halogens is 1. The number of carbonyl (C=O) groups excluding carboxylic acids is 2. The monoisotopic (exact) mass is 691 g/mol. The molecule has 2 unspecified atom stereocenters. The molecule has 14 heteroatoms. The van der Waals surface area contributed by atoms with Gasteiger partial charge in [0.1, 0.15) is 12.2 Å². The number of aliphatic hydroxyl groups is 1. The maximum atomic E-state index is 14.2. The van der Waals surface area contributed by atoms with E-state index in [2.05, 4.69) is 9.71 Å². The number of pyridine rings is 1. The minimum absolute atomic E-state index is 0.0760. The van der Waals surface area contributed by atoms with E-state index in [0.29, 0.717) is 39.1 Å². The molecule has 2 atom stereocenters. The van der Waals surface area contributed by atoms with Crippen LogP contribution in [-0.2, 0) is 24.3 Å². The van der Waals surface area contributed by atoms with Gasteiger partial charge in [0.05, 0.1) is 31.4 Å². The molecule has 11 nitrogen and oxygen atoms in total. The third kappa shape index (κ3) is 8.91. The largest absolute Gasteiger partial charge is 0.493 e. The average Bonchev–Trinajstić information content (AvgIpc) is 3.13. The summed E-state index contributed by atoms with van der Waals surface area (Å²) in [7, 11) is -1.04. The van der Waals surface area contributed by atoms with Crippen LogP contribution in [-0.4, -0.2) is 75.3 Å². The summed E-state index contributed by atoms with van der Waals surface area (Å²) in [5, 5.41) is 11.2. The van der Waals surface area contributed by atoms with Crippen LogP contribution in [0.3, 0.4) is 0 Å². The van der Waals surface area contributed by atoms with Crippen molar-refractivity contribution >= 4 is 50.9 Å². The molecule has 3 aromatic rings. The number of aromatic nitrogens is 1. The molecule has 0 aliphatic carbocycles. The Bertz CT molecular complexity index is 1640. The summed E-state index contributed by atoms with van der Waals surface area (Å²) in [5.41, 5.74) is 0.752. The first-order valence-corrected chi connectivity index (χ1v) is 17.5. The second-order valence-electron chi connectivity index (χ2n) is 11.5. The smallest absolute Gasteiger partial charge is 0.256 e. The van der Waals surface area contributed by atoms with Crippen molar-refractivity contribution in [1.29, 1.82) is 0 Å². The first-order valence-electron chi connectivity index (χ1n) is 14.5. The summed E-state index contributed by atoms with van der Waals surface area (Å²) in [6.07, 6.45) is -1.02. The molecule has 0 radical (unpaired) electrons. The van der Waals surface area contributed by atoms with Crippen LogP contribution in [0.1, 0.15) is 43.9 Å². The molecular weight excluding hydrogens is 654 g/mol. The number of hydrogen-bond acceptors (Lipinski definition) is 10. The van der Waals surface area contributed by atoms with Crippen molar-refractivity contribution in [1.82, 2.24) is 9.71 Å². The number of ether oxygens (including phenoxy) is 3. The normalized spacial score (nSPS) is 16.8. The summed E-state index contributed by atoms with van der Waals surface area (Å²) in [5.74, 6) is -0.500. The minimum Gasteiger partial charge on any atom is -0.493 e. The number of sulfonamides is 1. The van der Waals surface area contributed by atoms with Crippen LogP contribution in [0.2, 0.25) is 5.02 Å². The van der Waals surface area contributed by atoms with Gasteiger partial charge in [0.25, 0.3) is 5.91 Å². The van der Waals surface area contributed by atoms with Crippen molar-refractivity contribution in [3.63, 3.8) is 0 Å². The molecule has 4 rings (SSSR count). The Hall–Kier alpha value is -3.36. The maximum absolute atomic E-state index is 14.2. The number of amides is 2. The Morgan fingerprint density at radius 3 is 2.59 bits per heavy atom. The number of nitrogens with zero attached hydrogens (tertiary/aromatic N) is 2. The number of para-hydroxylation sites is 1. The first kappa shape index (κ1) is 35.5. The molecule has 2 N–H and O–H groups in total. The van der Waals surface area contributed by atoms with Gasteiger partial charge in [0.2, 0.25) is 15.9 Å². The van der Waals surface area contributed by atoms with Crippen LogP contribution in [0.5, 0.6) is 11.5 Å². The van der Waals surface area contributed by atoms with Crippen molar-refractivity contribution in [2.24, 2.45) is 5.41 Å². The zero-order valence-corrected chi connectivity index (χ0v) is 28.5.